The minimum atomic E-state index is -3.14. The van der Waals surface area contributed by atoms with Crippen LogP contribution in [0.15, 0.2) is 48.5 Å². The average molecular weight is 350 g/mol. The summed E-state index contributed by atoms with van der Waals surface area (Å²) >= 11 is 0. The molecular weight excluding hydrogens is 327 g/mol. The van der Waals surface area contributed by atoms with Gasteiger partial charge in [0.05, 0.1) is 6.16 Å². The lowest BCUT2D eigenvalue weighted by Gasteiger charge is -2.32. The van der Waals surface area contributed by atoms with E-state index in [1.54, 1.807) is 24.3 Å². The van der Waals surface area contributed by atoms with E-state index in [1.807, 2.05) is 31.2 Å². The number of rotatable bonds is 7. The van der Waals surface area contributed by atoms with Crippen LogP contribution in [-0.4, -0.2) is 30.6 Å². The van der Waals surface area contributed by atoms with Crippen molar-refractivity contribution in [3.63, 3.8) is 0 Å². The SMILES string of the molecule is COP(=O)(CCC(C)(c1ccc(O)cc1)c1ccc(O)cc1)OC. The fraction of sp³-hybridized carbons (Fsp3) is 0.333. The van der Waals surface area contributed by atoms with Gasteiger partial charge in [0.2, 0.25) is 0 Å². The van der Waals surface area contributed by atoms with Crippen molar-refractivity contribution in [2.45, 2.75) is 18.8 Å². The lowest BCUT2D eigenvalue weighted by atomic mass is 9.74. The molecule has 0 atom stereocenters. The Morgan fingerprint density at radius 3 is 1.58 bits per heavy atom. The van der Waals surface area contributed by atoms with Crippen molar-refractivity contribution < 1.29 is 23.8 Å². The molecule has 0 bridgehead atoms. The van der Waals surface area contributed by atoms with Gasteiger partial charge in [0.25, 0.3) is 0 Å². The van der Waals surface area contributed by atoms with Crippen molar-refractivity contribution >= 4 is 7.60 Å². The van der Waals surface area contributed by atoms with Crippen LogP contribution in [0, 0.1) is 0 Å². The zero-order valence-electron chi connectivity index (χ0n) is 14.1. The van der Waals surface area contributed by atoms with Gasteiger partial charge in [0.15, 0.2) is 0 Å². The van der Waals surface area contributed by atoms with Gasteiger partial charge in [0, 0.05) is 19.6 Å². The first kappa shape index (κ1) is 18.5. The van der Waals surface area contributed by atoms with Gasteiger partial charge < -0.3 is 19.3 Å². The summed E-state index contributed by atoms with van der Waals surface area (Å²) in [5.74, 6) is 0.373. The monoisotopic (exact) mass is 350 g/mol. The van der Waals surface area contributed by atoms with Crippen LogP contribution in [0.3, 0.4) is 0 Å². The van der Waals surface area contributed by atoms with Crippen LogP contribution in [-0.2, 0) is 19.0 Å². The Morgan fingerprint density at radius 1 is 0.875 bits per heavy atom. The molecule has 0 heterocycles. The van der Waals surface area contributed by atoms with Crippen molar-refractivity contribution in [3.8, 4) is 11.5 Å². The van der Waals surface area contributed by atoms with Crippen LogP contribution in [0.5, 0.6) is 11.5 Å². The largest absolute Gasteiger partial charge is 0.508 e. The van der Waals surface area contributed by atoms with E-state index in [-0.39, 0.29) is 17.7 Å². The van der Waals surface area contributed by atoms with Gasteiger partial charge >= 0.3 is 7.60 Å². The highest BCUT2D eigenvalue weighted by molar-refractivity contribution is 7.53. The summed E-state index contributed by atoms with van der Waals surface area (Å²) < 4.78 is 22.5. The van der Waals surface area contributed by atoms with Gasteiger partial charge in [-0.1, -0.05) is 31.2 Å². The summed E-state index contributed by atoms with van der Waals surface area (Å²) in [6, 6.07) is 13.9. The highest BCUT2D eigenvalue weighted by Gasteiger charge is 2.33. The lowest BCUT2D eigenvalue weighted by Crippen LogP contribution is -2.25. The van der Waals surface area contributed by atoms with Crippen LogP contribution in [0.2, 0.25) is 0 Å². The second kappa shape index (κ2) is 7.39. The first-order chi connectivity index (χ1) is 11.3. The Hall–Kier alpha value is -1.81. The predicted molar refractivity (Wildman–Crippen MR) is 93.8 cm³/mol. The van der Waals surface area contributed by atoms with Gasteiger partial charge in [-0.15, -0.1) is 0 Å². The maximum atomic E-state index is 12.4. The first-order valence-corrected chi connectivity index (χ1v) is 9.35. The van der Waals surface area contributed by atoms with Crippen LogP contribution in [0.4, 0.5) is 0 Å². The quantitative estimate of drug-likeness (QED) is 0.729. The fourth-order valence-corrected chi connectivity index (χ4v) is 3.97. The third-order valence-electron chi connectivity index (χ3n) is 4.45. The molecule has 0 fully saturated rings. The van der Waals surface area contributed by atoms with E-state index in [2.05, 4.69) is 0 Å². The van der Waals surface area contributed by atoms with E-state index < -0.39 is 13.0 Å². The molecule has 2 rings (SSSR count). The molecule has 0 unspecified atom stereocenters. The molecule has 6 heteroatoms. The van der Waals surface area contributed by atoms with Gasteiger partial charge in [-0.25, -0.2) is 0 Å². The van der Waals surface area contributed by atoms with Crippen molar-refractivity contribution in [1.29, 1.82) is 0 Å². The van der Waals surface area contributed by atoms with E-state index in [0.29, 0.717) is 6.42 Å². The number of aromatic hydroxyl groups is 2. The smallest absolute Gasteiger partial charge is 0.330 e. The topological polar surface area (TPSA) is 76.0 Å². The van der Waals surface area contributed by atoms with E-state index in [4.69, 9.17) is 9.05 Å². The molecule has 24 heavy (non-hydrogen) atoms. The molecule has 2 aromatic carbocycles. The Labute approximate surface area is 142 Å². The van der Waals surface area contributed by atoms with Gasteiger partial charge in [0.1, 0.15) is 11.5 Å². The third kappa shape index (κ3) is 3.99. The van der Waals surface area contributed by atoms with Crippen molar-refractivity contribution in [3.05, 3.63) is 59.7 Å². The Morgan fingerprint density at radius 2 is 1.25 bits per heavy atom. The number of phenolic OH excluding ortho intramolecular Hbond substituents is 2. The molecule has 0 aromatic heterocycles. The van der Waals surface area contributed by atoms with E-state index in [1.165, 1.54) is 14.2 Å². The molecule has 0 spiro atoms. The summed E-state index contributed by atoms with van der Waals surface area (Å²) in [6.45, 7) is 2.03. The normalized spacial score (nSPS) is 12.3. The Bertz CT molecular complexity index is 656. The summed E-state index contributed by atoms with van der Waals surface area (Å²) in [5, 5.41) is 19.1. The van der Waals surface area contributed by atoms with Gasteiger partial charge in [-0.05, 0) is 41.8 Å². The minimum absolute atomic E-state index is 0.186. The molecule has 130 valence electrons. The fourth-order valence-electron chi connectivity index (χ4n) is 2.73. The molecule has 0 saturated carbocycles. The molecule has 5 nitrogen and oxygen atoms in total. The summed E-state index contributed by atoms with van der Waals surface area (Å²) in [4.78, 5) is 0. The standard InChI is InChI=1S/C18H23O5P/c1-18(12-13-24(21,22-2)23-3,14-4-8-16(19)9-5-14)15-6-10-17(20)11-7-15/h4-11,19-20H,12-13H2,1-3H3. The second-order valence-corrected chi connectivity index (χ2v) is 8.27. The number of phenols is 2. The molecule has 2 N–H and O–H groups in total. The Kier molecular flexibility index (Phi) is 5.70. The van der Waals surface area contributed by atoms with Crippen LogP contribution in [0.25, 0.3) is 0 Å². The maximum absolute atomic E-state index is 12.4. The highest BCUT2D eigenvalue weighted by Crippen LogP contribution is 2.50. The molecule has 0 amide bonds. The molecule has 0 radical (unpaired) electrons. The summed E-state index contributed by atoms with van der Waals surface area (Å²) in [7, 11) is -0.381. The van der Waals surface area contributed by atoms with E-state index >= 15 is 0 Å². The third-order valence-corrected chi connectivity index (χ3v) is 6.33. The zero-order chi connectivity index (χ0) is 17.8. The zero-order valence-corrected chi connectivity index (χ0v) is 15.0. The lowest BCUT2D eigenvalue weighted by molar-refractivity contribution is 0.272. The van der Waals surface area contributed by atoms with Crippen LogP contribution in [0.1, 0.15) is 24.5 Å². The van der Waals surface area contributed by atoms with Crippen molar-refractivity contribution in [1.82, 2.24) is 0 Å². The second-order valence-electron chi connectivity index (χ2n) is 5.88. The van der Waals surface area contributed by atoms with Gasteiger partial charge in [-0.3, -0.25) is 4.57 Å². The minimum Gasteiger partial charge on any atom is -0.508 e. The van der Waals surface area contributed by atoms with E-state index in [0.717, 1.165) is 11.1 Å². The Balaban J connectivity index is 2.42. The van der Waals surface area contributed by atoms with Crippen LogP contribution < -0.4 is 0 Å². The van der Waals surface area contributed by atoms with Gasteiger partial charge in [-0.2, -0.15) is 0 Å². The van der Waals surface area contributed by atoms with E-state index in [9.17, 15) is 14.8 Å². The molecule has 0 aliphatic carbocycles. The summed E-state index contributed by atoms with van der Waals surface area (Å²) in [5.41, 5.74) is 1.45. The highest BCUT2D eigenvalue weighted by atomic mass is 31.2. The average Bonchev–Trinajstić information content (AvgIpc) is 2.60. The molecule has 0 aliphatic rings. The molecule has 2 aromatic rings. The van der Waals surface area contributed by atoms with Crippen molar-refractivity contribution in [2.75, 3.05) is 20.4 Å². The number of hydrogen-bond donors (Lipinski definition) is 2. The molecular formula is C18H23O5P. The molecule has 0 saturated heterocycles. The number of benzene rings is 2. The van der Waals surface area contributed by atoms with Crippen LogP contribution >= 0.6 is 7.60 Å². The number of hydrogen-bond acceptors (Lipinski definition) is 5. The molecule has 0 aliphatic heterocycles. The van der Waals surface area contributed by atoms with Crippen molar-refractivity contribution in [2.24, 2.45) is 0 Å². The first-order valence-electron chi connectivity index (χ1n) is 7.62. The predicted octanol–water partition coefficient (Wildman–Crippen LogP) is 4.28. The maximum Gasteiger partial charge on any atom is 0.330 e. The summed E-state index contributed by atoms with van der Waals surface area (Å²) in [6.07, 6.45) is 0.764.